The van der Waals surface area contributed by atoms with Crippen LogP contribution < -0.4 is 5.32 Å². The molecule has 0 aromatic rings. The normalized spacial score (nSPS) is 26.2. The summed E-state index contributed by atoms with van der Waals surface area (Å²) >= 11 is 0. The summed E-state index contributed by atoms with van der Waals surface area (Å²) in [5.74, 6) is 0. The van der Waals surface area contributed by atoms with Crippen molar-refractivity contribution in [1.82, 2.24) is 10.2 Å². The van der Waals surface area contributed by atoms with Gasteiger partial charge in [0.05, 0.1) is 0 Å². The van der Waals surface area contributed by atoms with Crippen LogP contribution >= 0.6 is 0 Å². The highest BCUT2D eigenvalue weighted by atomic mass is 16.3. The maximum Gasteiger partial charge on any atom is 0.0499 e. The molecule has 0 atom stereocenters. The Labute approximate surface area is 112 Å². The summed E-state index contributed by atoms with van der Waals surface area (Å²) < 4.78 is 0. The van der Waals surface area contributed by atoms with E-state index in [1.54, 1.807) is 0 Å². The number of hydrogen-bond acceptors (Lipinski definition) is 3. The Balaban J connectivity index is 1.79. The minimum atomic E-state index is 0.289. The first kappa shape index (κ1) is 14.3. The molecule has 18 heavy (non-hydrogen) atoms. The van der Waals surface area contributed by atoms with Gasteiger partial charge in [0.2, 0.25) is 0 Å². The van der Waals surface area contributed by atoms with E-state index in [1.807, 2.05) is 0 Å². The molecule has 1 heterocycles. The molecule has 106 valence electrons. The summed E-state index contributed by atoms with van der Waals surface area (Å²) in [6.07, 6.45) is 7.78. The van der Waals surface area contributed by atoms with Gasteiger partial charge in [-0.25, -0.2) is 0 Å². The molecular formula is C15H30N2O. The molecular weight excluding hydrogens is 224 g/mol. The van der Waals surface area contributed by atoms with Crippen molar-refractivity contribution >= 4 is 0 Å². The van der Waals surface area contributed by atoms with Crippen LogP contribution in [0, 0.1) is 10.8 Å². The van der Waals surface area contributed by atoms with Gasteiger partial charge in [0, 0.05) is 18.6 Å². The molecule has 0 unspecified atom stereocenters. The molecule has 1 aliphatic heterocycles. The third-order valence-electron chi connectivity index (χ3n) is 5.42. The Kier molecular flexibility index (Phi) is 4.68. The van der Waals surface area contributed by atoms with E-state index in [4.69, 9.17) is 0 Å². The highest BCUT2D eigenvalue weighted by molar-refractivity contribution is 4.96. The van der Waals surface area contributed by atoms with Gasteiger partial charge < -0.3 is 15.3 Å². The predicted octanol–water partition coefficient (Wildman–Crippen LogP) is 1.86. The molecule has 0 radical (unpaired) electrons. The van der Waals surface area contributed by atoms with Crippen LogP contribution in [0.25, 0.3) is 0 Å². The van der Waals surface area contributed by atoms with Crippen LogP contribution in [-0.4, -0.2) is 49.8 Å². The maximum atomic E-state index is 9.42. The second-order valence-corrected chi connectivity index (χ2v) is 6.64. The number of aliphatic hydroxyl groups excluding tert-OH is 1. The molecule has 2 fully saturated rings. The first-order valence-electron chi connectivity index (χ1n) is 7.65. The second kappa shape index (κ2) is 5.89. The van der Waals surface area contributed by atoms with Crippen molar-refractivity contribution in [1.29, 1.82) is 0 Å². The van der Waals surface area contributed by atoms with Crippen molar-refractivity contribution in [3.63, 3.8) is 0 Å². The van der Waals surface area contributed by atoms with Crippen LogP contribution in [0.3, 0.4) is 0 Å². The van der Waals surface area contributed by atoms with Crippen molar-refractivity contribution < 1.29 is 5.11 Å². The Morgan fingerprint density at radius 2 is 1.78 bits per heavy atom. The predicted molar refractivity (Wildman–Crippen MR) is 75.7 cm³/mol. The monoisotopic (exact) mass is 254 g/mol. The van der Waals surface area contributed by atoms with Gasteiger partial charge in [0.15, 0.2) is 0 Å². The molecule has 2 aliphatic rings. The third-order valence-corrected chi connectivity index (χ3v) is 5.42. The summed E-state index contributed by atoms with van der Waals surface area (Å²) in [4.78, 5) is 2.59. The van der Waals surface area contributed by atoms with Gasteiger partial charge in [-0.1, -0.05) is 13.3 Å². The summed E-state index contributed by atoms with van der Waals surface area (Å²) in [5, 5.41) is 12.7. The van der Waals surface area contributed by atoms with Crippen LogP contribution in [0.2, 0.25) is 0 Å². The van der Waals surface area contributed by atoms with Crippen LogP contribution in [-0.2, 0) is 0 Å². The molecule has 2 N–H and O–H groups in total. The van der Waals surface area contributed by atoms with Gasteiger partial charge in [-0.2, -0.15) is 0 Å². The molecule has 0 spiro atoms. The summed E-state index contributed by atoms with van der Waals surface area (Å²) in [5.41, 5.74) is 0.868. The Morgan fingerprint density at radius 3 is 2.22 bits per heavy atom. The molecule has 1 saturated carbocycles. The lowest BCUT2D eigenvalue weighted by Gasteiger charge is -2.42. The van der Waals surface area contributed by atoms with E-state index in [0.29, 0.717) is 12.0 Å². The van der Waals surface area contributed by atoms with Crippen molar-refractivity contribution in [2.75, 3.05) is 39.8 Å². The molecule has 1 saturated heterocycles. The van der Waals surface area contributed by atoms with Gasteiger partial charge >= 0.3 is 0 Å². The number of nitrogens with one attached hydrogen (secondary N) is 1. The van der Waals surface area contributed by atoms with Gasteiger partial charge in [0.1, 0.15) is 0 Å². The number of aliphatic hydroxyl groups is 1. The molecule has 0 aromatic heterocycles. The van der Waals surface area contributed by atoms with Crippen LogP contribution in [0.4, 0.5) is 0 Å². The van der Waals surface area contributed by atoms with E-state index in [2.05, 4.69) is 24.2 Å². The smallest absolute Gasteiger partial charge is 0.0499 e. The average Bonchev–Trinajstić information content (AvgIpc) is 3.19. The molecule has 1 aliphatic carbocycles. The Bertz CT molecular complexity index is 255. The zero-order chi connectivity index (χ0) is 13.1. The zero-order valence-corrected chi connectivity index (χ0v) is 12.2. The lowest BCUT2D eigenvalue weighted by atomic mass is 9.73. The van der Waals surface area contributed by atoms with Crippen molar-refractivity contribution in [3.05, 3.63) is 0 Å². The topological polar surface area (TPSA) is 35.5 Å². The highest BCUT2D eigenvalue weighted by Crippen LogP contribution is 2.47. The summed E-state index contributed by atoms with van der Waals surface area (Å²) in [7, 11) is 2.05. The van der Waals surface area contributed by atoms with E-state index < -0.39 is 0 Å². The SMILES string of the molecule is CCC1(CCNC)CCN(CC2(CO)CC2)CC1. The van der Waals surface area contributed by atoms with E-state index in [-0.39, 0.29) is 5.41 Å². The molecule has 3 nitrogen and oxygen atoms in total. The lowest BCUT2D eigenvalue weighted by Crippen LogP contribution is -2.43. The Morgan fingerprint density at radius 1 is 1.11 bits per heavy atom. The Hall–Kier alpha value is -0.120. The summed E-state index contributed by atoms with van der Waals surface area (Å²) in [6.45, 7) is 7.49. The molecule has 0 amide bonds. The van der Waals surface area contributed by atoms with E-state index in [1.165, 1.54) is 51.6 Å². The molecule has 2 rings (SSSR count). The standard InChI is InChI=1S/C15H30N2O/c1-3-14(6-9-16-2)7-10-17(11-8-14)12-15(13-18)4-5-15/h16,18H,3-13H2,1-2H3. The quantitative estimate of drug-likeness (QED) is 0.728. The third kappa shape index (κ3) is 3.25. The van der Waals surface area contributed by atoms with Gasteiger partial charge in [-0.3, -0.25) is 0 Å². The van der Waals surface area contributed by atoms with E-state index >= 15 is 0 Å². The van der Waals surface area contributed by atoms with Crippen LogP contribution in [0.1, 0.15) is 45.4 Å². The lowest BCUT2D eigenvalue weighted by molar-refractivity contribution is 0.0654. The number of hydrogen-bond donors (Lipinski definition) is 2. The van der Waals surface area contributed by atoms with Gasteiger partial charge in [0.25, 0.3) is 0 Å². The first-order chi connectivity index (χ1) is 8.67. The fourth-order valence-corrected chi connectivity index (χ4v) is 3.37. The number of nitrogens with zero attached hydrogens (tertiary/aromatic N) is 1. The minimum absolute atomic E-state index is 0.289. The minimum Gasteiger partial charge on any atom is -0.396 e. The zero-order valence-electron chi connectivity index (χ0n) is 12.2. The van der Waals surface area contributed by atoms with E-state index in [9.17, 15) is 5.11 Å². The van der Waals surface area contributed by atoms with Crippen LogP contribution in [0.15, 0.2) is 0 Å². The largest absolute Gasteiger partial charge is 0.396 e. The fourth-order valence-electron chi connectivity index (χ4n) is 3.37. The van der Waals surface area contributed by atoms with Crippen molar-refractivity contribution in [3.8, 4) is 0 Å². The number of likely N-dealkylation sites (tertiary alicyclic amines) is 1. The summed E-state index contributed by atoms with van der Waals surface area (Å²) in [6, 6.07) is 0. The molecule has 3 heteroatoms. The average molecular weight is 254 g/mol. The van der Waals surface area contributed by atoms with Crippen molar-refractivity contribution in [2.24, 2.45) is 10.8 Å². The van der Waals surface area contributed by atoms with Crippen LogP contribution in [0.5, 0.6) is 0 Å². The maximum absolute atomic E-state index is 9.42. The molecule has 0 aromatic carbocycles. The van der Waals surface area contributed by atoms with Crippen molar-refractivity contribution in [2.45, 2.75) is 45.4 Å². The van der Waals surface area contributed by atoms with E-state index in [0.717, 1.165) is 13.1 Å². The highest BCUT2D eigenvalue weighted by Gasteiger charge is 2.44. The van der Waals surface area contributed by atoms with Gasteiger partial charge in [-0.05, 0) is 64.2 Å². The number of rotatable bonds is 7. The molecule has 0 bridgehead atoms. The first-order valence-corrected chi connectivity index (χ1v) is 7.65. The number of piperidine rings is 1. The van der Waals surface area contributed by atoms with Gasteiger partial charge in [-0.15, -0.1) is 0 Å². The fraction of sp³-hybridized carbons (Fsp3) is 1.00. The second-order valence-electron chi connectivity index (χ2n) is 6.64.